The summed E-state index contributed by atoms with van der Waals surface area (Å²) in [6.45, 7) is 6.32. The van der Waals surface area contributed by atoms with E-state index in [1.165, 1.54) is 0 Å². The number of hydrogen-bond acceptors (Lipinski definition) is 4. The predicted molar refractivity (Wildman–Crippen MR) is 78.6 cm³/mol. The van der Waals surface area contributed by atoms with Crippen LogP contribution in [0.4, 0.5) is 5.82 Å². The van der Waals surface area contributed by atoms with Gasteiger partial charge in [-0.1, -0.05) is 6.92 Å². The van der Waals surface area contributed by atoms with Gasteiger partial charge in [0.1, 0.15) is 5.82 Å². The highest BCUT2D eigenvalue weighted by Crippen LogP contribution is 2.10. The number of likely N-dealkylation sites (N-methyl/N-ethyl adjacent to an activating group) is 1. The van der Waals surface area contributed by atoms with Gasteiger partial charge in [-0.05, 0) is 39.6 Å². The van der Waals surface area contributed by atoms with Crippen molar-refractivity contribution in [2.75, 3.05) is 39.0 Å². The summed E-state index contributed by atoms with van der Waals surface area (Å²) in [6.07, 6.45) is 1.03. The van der Waals surface area contributed by atoms with Gasteiger partial charge in [0.25, 0.3) is 5.91 Å². The van der Waals surface area contributed by atoms with E-state index >= 15 is 0 Å². The minimum Gasteiger partial charge on any atom is -0.370 e. The molecule has 1 heterocycles. The van der Waals surface area contributed by atoms with E-state index in [2.05, 4.69) is 22.5 Å². The maximum Gasteiger partial charge on any atom is 0.251 e. The zero-order valence-corrected chi connectivity index (χ0v) is 12.3. The second kappa shape index (κ2) is 7.74. The zero-order chi connectivity index (χ0) is 14.3. The van der Waals surface area contributed by atoms with Crippen LogP contribution in [0.1, 0.15) is 29.4 Å². The molecule has 1 aromatic rings. The summed E-state index contributed by atoms with van der Waals surface area (Å²) >= 11 is 0. The number of aryl methyl sites for hydroxylation is 1. The third kappa shape index (κ3) is 5.70. The van der Waals surface area contributed by atoms with Crippen LogP contribution in [0.2, 0.25) is 0 Å². The largest absolute Gasteiger partial charge is 0.370 e. The quantitative estimate of drug-likeness (QED) is 0.783. The van der Waals surface area contributed by atoms with Crippen molar-refractivity contribution in [3.63, 3.8) is 0 Å². The normalized spacial score (nSPS) is 10.6. The molecule has 106 valence electrons. The van der Waals surface area contributed by atoms with Crippen LogP contribution in [-0.4, -0.2) is 49.5 Å². The fourth-order valence-electron chi connectivity index (χ4n) is 1.64. The van der Waals surface area contributed by atoms with Gasteiger partial charge in [-0.2, -0.15) is 0 Å². The number of carbonyl (C=O) groups is 1. The Morgan fingerprint density at radius 3 is 2.68 bits per heavy atom. The molecular formula is C14H24N4O. The molecule has 1 aromatic heterocycles. The van der Waals surface area contributed by atoms with Crippen LogP contribution >= 0.6 is 0 Å². The van der Waals surface area contributed by atoms with Crippen LogP contribution in [0.3, 0.4) is 0 Å². The van der Waals surface area contributed by atoms with E-state index in [9.17, 15) is 4.79 Å². The van der Waals surface area contributed by atoms with Gasteiger partial charge in [-0.3, -0.25) is 4.79 Å². The molecule has 0 aliphatic heterocycles. The van der Waals surface area contributed by atoms with E-state index in [4.69, 9.17) is 0 Å². The van der Waals surface area contributed by atoms with Gasteiger partial charge in [-0.25, -0.2) is 4.98 Å². The lowest BCUT2D eigenvalue weighted by Gasteiger charge is -2.11. The molecule has 0 unspecified atom stereocenters. The number of pyridine rings is 1. The van der Waals surface area contributed by atoms with Crippen molar-refractivity contribution in [1.29, 1.82) is 0 Å². The Morgan fingerprint density at radius 2 is 2.05 bits per heavy atom. The number of aromatic nitrogens is 1. The first-order valence-electron chi connectivity index (χ1n) is 6.68. The van der Waals surface area contributed by atoms with Gasteiger partial charge < -0.3 is 15.5 Å². The van der Waals surface area contributed by atoms with Gasteiger partial charge in [-0.15, -0.1) is 0 Å². The van der Waals surface area contributed by atoms with Crippen LogP contribution in [0.15, 0.2) is 12.1 Å². The number of anilines is 1. The molecule has 0 aromatic carbocycles. The zero-order valence-electron chi connectivity index (χ0n) is 12.3. The van der Waals surface area contributed by atoms with Gasteiger partial charge in [0, 0.05) is 30.9 Å². The molecule has 1 amide bonds. The lowest BCUT2D eigenvalue weighted by molar-refractivity contribution is 0.0951. The van der Waals surface area contributed by atoms with Crippen molar-refractivity contribution >= 4 is 11.7 Å². The number of amides is 1. The smallest absolute Gasteiger partial charge is 0.251 e. The lowest BCUT2D eigenvalue weighted by Crippen LogP contribution is -2.31. The van der Waals surface area contributed by atoms with Crippen molar-refractivity contribution in [3.05, 3.63) is 23.4 Å². The fourth-order valence-corrected chi connectivity index (χ4v) is 1.64. The average Bonchev–Trinajstić information content (AvgIpc) is 2.35. The average molecular weight is 264 g/mol. The molecule has 0 aliphatic rings. The summed E-state index contributed by atoms with van der Waals surface area (Å²) in [7, 11) is 3.96. The SMILES string of the molecule is CCCNc1cc(C(=O)NCCN(C)C)cc(C)n1. The predicted octanol–water partition coefficient (Wildman–Crippen LogP) is 1.50. The summed E-state index contributed by atoms with van der Waals surface area (Å²) in [5.41, 5.74) is 1.50. The number of hydrogen-bond donors (Lipinski definition) is 2. The number of carbonyl (C=O) groups excluding carboxylic acids is 1. The summed E-state index contributed by atoms with van der Waals surface area (Å²) in [5.74, 6) is 0.714. The molecule has 1 rings (SSSR count). The monoisotopic (exact) mass is 264 g/mol. The molecule has 19 heavy (non-hydrogen) atoms. The lowest BCUT2D eigenvalue weighted by atomic mass is 10.2. The second-order valence-corrected chi connectivity index (χ2v) is 4.87. The summed E-state index contributed by atoms with van der Waals surface area (Å²) < 4.78 is 0. The maximum atomic E-state index is 12.0. The molecule has 5 heteroatoms. The minimum atomic E-state index is -0.0492. The van der Waals surface area contributed by atoms with Crippen molar-refractivity contribution in [2.24, 2.45) is 0 Å². The third-order valence-electron chi connectivity index (χ3n) is 2.62. The fraction of sp³-hybridized carbons (Fsp3) is 0.571. The highest BCUT2D eigenvalue weighted by Gasteiger charge is 2.08. The molecule has 0 spiro atoms. The summed E-state index contributed by atoms with van der Waals surface area (Å²) in [5, 5.41) is 6.11. The highest BCUT2D eigenvalue weighted by molar-refractivity contribution is 5.95. The Hall–Kier alpha value is -1.62. The van der Waals surface area contributed by atoms with Crippen LogP contribution in [0, 0.1) is 6.92 Å². The molecule has 0 atom stereocenters. The maximum absolute atomic E-state index is 12.0. The Labute approximate surface area is 115 Å². The van der Waals surface area contributed by atoms with E-state index in [1.807, 2.05) is 32.0 Å². The Bertz CT molecular complexity index is 418. The van der Waals surface area contributed by atoms with Gasteiger partial charge in [0.2, 0.25) is 0 Å². The number of rotatable bonds is 7. The van der Waals surface area contributed by atoms with Crippen molar-refractivity contribution in [3.8, 4) is 0 Å². The van der Waals surface area contributed by atoms with Gasteiger partial charge >= 0.3 is 0 Å². The molecule has 0 bridgehead atoms. The van der Waals surface area contributed by atoms with Gasteiger partial charge in [0.15, 0.2) is 0 Å². The van der Waals surface area contributed by atoms with E-state index in [0.29, 0.717) is 12.1 Å². The molecule has 0 fully saturated rings. The first kappa shape index (κ1) is 15.4. The minimum absolute atomic E-state index is 0.0492. The Kier molecular flexibility index (Phi) is 6.29. The third-order valence-corrected chi connectivity index (χ3v) is 2.62. The standard InChI is InChI=1S/C14H24N4O/c1-5-6-15-13-10-12(9-11(2)17-13)14(19)16-7-8-18(3)4/h9-10H,5-8H2,1-4H3,(H,15,17)(H,16,19). The van der Waals surface area contributed by atoms with Crippen LogP contribution in [-0.2, 0) is 0 Å². The van der Waals surface area contributed by atoms with E-state index in [0.717, 1.165) is 31.0 Å². The first-order chi connectivity index (χ1) is 9.02. The molecule has 0 saturated heterocycles. The van der Waals surface area contributed by atoms with Crippen molar-refractivity contribution in [2.45, 2.75) is 20.3 Å². The van der Waals surface area contributed by atoms with Crippen molar-refractivity contribution < 1.29 is 4.79 Å². The van der Waals surface area contributed by atoms with E-state index < -0.39 is 0 Å². The first-order valence-corrected chi connectivity index (χ1v) is 6.68. The molecule has 0 aliphatic carbocycles. The Balaban J connectivity index is 2.65. The molecule has 5 nitrogen and oxygen atoms in total. The van der Waals surface area contributed by atoms with Crippen molar-refractivity contribution in [1.82, 2.24) is 15.2 Å². The highest BCUT2D eigenvalue weighted by atomic mass is 16.1. The van der Waals surface area contributed by atoms with Gasteiger partial charge in [0.05, 0.1) is 0 Å². The van der Waals surface area contributed by atoms with E-state index in [1.54, 1.807) is 6.07 Å². The molecular weight excluding hydrogens is 240 g/mol. The number of nitrogens with zero attached hydrogens (tertiary/aromatic N) is 2. The van der Waals surface area contributed by atoms with Crippen LogP contribution < -0.4 is 10.6 Å². The molecule has 0 radical (unpaired) electrons. The summed E-state index contributed by atoms with van der Waals surface area (Å²) in [4.78, 5) is 18.4. The van der Waals surface area contributed by atoms with Crippen LogP contribution in [0.5, 0.6) is 0 Å². The topological polar surface area (TPSA) is 57.3 Å². The van der Waals surface area contributed by atoms with E-state index in [-0.39, 0.29) is 5.91 Å². The Morgan fingerprint density at radius 1 is 1.32 bits per heavy atom. The summed E-state index contributed by atoms with van der Waals surface area (Å²) in [6, 6.07) is 3.61. The molecule has 2 N–H and O–H groups in total. The van der Waals surface area contributed by atoms with Crippen LogP contribution in [0.25, 0.3) is 0 Å². The number of nitrogens with one attached hydrogen (secondary N) is 2. The second-order valence-electron chi connectivity index (χ2n) is 4.87. The molecule has 0 saturated carbocycles.